The van der Waals surface area contributed by atoms with E-state index >= 15 is 0 Å². The molecule has 0 aromatic heterocycles. The maximum atomic E-state index is 14.1. The molecule has 0 amide bonds. The normalized spacial score (nSPS) is 14.6. The summed E-state index contributed by atoms with van der Waals surface area (Å²) >= 11 is 0. The Labute approximate surface area is 154 Å². The van der Waals surface area contributed by atoms with E-state index < -0.39 is 45.0 Å². The van der Waals surface area contributed by atoms with Gasteiger partial charge in [-0.1, -0.05) is 30.3 Å². The Bertz CT molecular complexity index is 902. The molecule has 0 fully saturated rings. The molecule has 0 radical (unpaired) electrons. The van der Waals surface area contributed by atoms with Crippen molar-refractivity contribution in [3.8, 4) is 5.75 Å². The third-order valence-electron chi connectivity index (χ3n) is 3.86. The third kappa shape index (κ3) is 5.18. The summed E-state index contributed by atoms with van der Waals surface area (Å²) in [5.41, 5.74) is -1.30. The lowest BCUT2D eigenvalue weighted by Crippen LogP contribution is -2.40. The second-order valence-electron chi connectivity index (χ2n) is 5.73. The number of alkyl halides is 3. The van der Waals surface area contributed by atoms with E-state index in [1.165, 1.54) is 44.4 Å². The van der Waals surface area contributed by atoms with Crippen molar-refractivity contribution in [1.82, 2.24) is 4.72 Å². The molecule has 0 spiro atoms. The van der Waals surface area contributed by atoms with Gasteiger partial charge in [-0.25, -0.2) is 17.5 Å². The van der Waals surface area contributed by atoms with Gasteiger partial charge in [0.2, 0.25) is 10.0 Å². The van der Waals surface area contributed by atoms with Crippen LogP contribution in [0, 0.1) is 5.82 Å². The minimum Gasteiger partial charge on any atom is -0.404 e. The molecule has 1 N–H and O–H groups in total. The first-order valence-corrected chi connectivity index (χ1v) is 9.11. The minimum absolute atomic E-state index is 0.0926. The Hall–Kier alpha value is -2.17. The number of nitrogens with one attached hydrogen (secondary N) is 1. The van der Waals surface area contributed by atoms with Crippen molar-refractivity contribution >= 4 is 10.0 Å². The Kier molecular flexibility index (Phi) is 6.13. The maximum Gasteiger partial charge on any atom is 0.573 e. The largest absolute Gasteiger partial charge is 0.573 e. The van der Waals surface area contributed by atoms with Crippen LogP contribution in [0.2, 0.25) is 0 Å². The van der Waals surface area contributed by atoms with Crippen molar-refractivity contribution in [3.63, 3.8) is 0 Å². The summed E-state index contributed by atoms with van der Waals surface area (Å²) in [6.07, 6.45) is -5.06. The molecule has 0 bridgehead atoms. The summed E-state index contributed by atoms with van der Waals surface area (Å²) < 4.78 is 87.8. The zero-order valence-electron chi connectivity index (χ0n) is 14.4. The molecule has 0 heterocycles. The Morgan fingerprint density at radius 2 is 1.63 bits per heavy atom. The fourth-order valence-corrected chi connectivity index (χ4v) is 3.61. The molecule has 0 unspecified atom stereocenters. The number of ether oxygens (including phenoxy) is 2. The van der Waals surface area contributed by atoms with E-state index in [1.54, 1.807) is 6.07 Å². The van der Waals surface area contributed by atoms with E-state index in [9.17, 15) is 26.0 Å². The van der Waals surface area contributed by atoms with Gasteiger partial charge in [-0.2, -0.15) is 0 Å². The molecule has 10 heteroatoms. The van der Waals surface area contributed by atoms with Gasteiger partial charge >= 0.3 is 6.36 Å². The molecular weight excluding hydrogens is 390 g/mol. The monoisotopic (exact) mass is 407 g/mol. The van der Waals surface area contributed by atoms with Crippen LogP contribution in [0.4, 0.5) is 17.6 Å². The second kappa shape index (κ2) is 7.83. The summed E-state index contributed by atoms with van der Waals surface area (Å²) in [6, 6.07) is 9.94. The van der Waals surface area contributed by atoms with E-state index in [-0.39, 0.29) is 5.56 Å². The van der Waals surface area contributed by atoms with Crippen molar-refractivity contribution in [3.05, 3.63) is 59.9 Å². The molecule has 1 atom stereocenters. The first kappa shape index (κ1) is 21.1. The second-order valence-corrected chi connectivity index (χ2v) is 7.47. The van der Waals surface area contributed by atoms with Gasteiger partial charge in [0.15, 0.2) is 0 Å². The standard InChI is InChI=1S/C17H17F4NO4S/c1-16(25-2,12-7-3-4-8-13(12)18)11-22-27(23,24)15-10-6-5-9-14(15)26-17(19,20)21/h3-10,22H,11H2,1-2H3/t16-/m0/s1. The van der Waals surface area contributed by atoms with Crippen LogP contribution in [0.5, 0.6) is 5.75 Å². The predicted octanol–water partition coefficient (Wildman–Crippen LogP) is 3.56. The minimum atomic E-state index is -5.06. The highest BCUT2D eigenvalue weighted by atomic mass is 32.2. The maximum absolute atomic E-state index is 14.1. The number of methoxy groups -OCH3 is 1. The summed E-state index contributed by atoms with van der Waals surface area (Å²) in [6.45, 7) is 1.03. The van der Waals surface area contributed by atoms with Crippen molar-refractivity contribution in [2.75, 3.05) is 13.7 Å². The van der Waals surface area contributed by atoms with Crippen molar-refractivity contribution in [2.45, 2.75) is 23.8 Å². The van der Waals surface area contributed by atoms with E-state index in [0.717, 1.165) is 12.1 Å². The third-order valence-corrected chi connectivity index (χ3v) is 5.30. The highest BCUT2D eigenvalue weighted by Crippen LogP contribution is 2.31. The lowest BCUT2D eigenvalue weighted by atomic mass is 9.95. The number of hydrogen-bond acceptors (Lipinski definition) is 4. The smallest absolute Gasteiger partial charge is 0.404 e. The predicted molar refractivity (Wildman–Crippen MR) is 89.1 cm³/mol. The van der Waals surface area contributed by atoms with Gasteiger partial charge in [0, 0.05) is 19.2 Å². The van der Waals surface area contributed by atoms with Crippen LogP contribution < -0.4 is 9.46 Å². The molecule has 0 aliphatic rings. The first-order valence-electron chi connectivity index (χ1n) is 7.63. The van der Waals surface area contributed by atoms with Crippen LogP contribution in [-0.2, 0) is 20.4 Å². The van der Waals surface area contributed by atoms with Crippen LogP contribution in [0.3, 0.4) is 0 Å². The summed E-state index contributed by atoms with van der Waals surface area (Å²) in [7, 11) is -3.14. The van der Waals surface area contributed by atoms with Crippen LogP contribution in [0.15, 0.2) is 53.4 Å². The van der Waals surface area contributed by atoms with Crippen LogP contribution in [0.1, 0.15) is 12.5 Å². The Morgan fingerprint density at radius 3 is 2.22 bits per heavy atom. The quantitative estimate of drug-likeness (QED) is 0.713. The molecule has 0 saturated carbocycles. The van der Waals surface area contributed by atoms with Gasteiger partial charge in [0.25, 0.3) is 0 Å². The highest BCUT2D eigenvalue weighted by Gasteiger charge is 2.35. The molecule has 0 saturated heterocycles. The fraction of sp³-hybridized carbons (Fsp3) is 0.294. The van der Waals surface area contributed by atoms with Crippen molar-refractivity contribution in [2.24, 2.45) is 0 Å². The van der Waals surface area contributed by atoms with Crippen LogP contribution in [0.25, 0.3) is 0 Å². The molecule has 0 aliphatic heterocycles. The van der Waals surface area contributed by atoms with E-state index in [4.69, 9.17) is 4.74 Å². The fourth-order valence-electron chi connectivity index (χ4n) is 2.36. The Balaban J connectivity index is 2.31. The van der Waals surface area contributed by atoms with Crippen LogP contribution in [-0.4, -0.2) is 28.4 Å². The number of benzene rings is 2. The van der Waals surface area contributed by atoms with E-state index in [0.29, 0.717) is 0 Å². The average Bonchev–Trinajstić information content (AvgIpc) is 2.59. The first-order chi connectivity index (χ1) is 12.5. The zero-order chi connectivity index (χ0) is 20.3. The van der Waals surface area contributed by atoms with Gasteiger partial charge in [-0.3, -0.25) is 0 Å². The molecule has 27 heavy (non-hydrogen) atoms. The number of rotatable bonds is 7. The zero-order valence-corrected chi connectivity index (χ0v) is 15.2. The summed E-state index contributed by atoms with van der Waals surface area (Å²) in [5.74, 6) is -1.48. The van der Waals surface area contributed by atoms with Gasteiger partial charge in [0.1, 0.15) is 22.1 Å². The Morgan fingerprint density at radius 1 is 1.04 bits per heavy atom. The summed E-state index contributed by atoms with van der Waals surface area (Å²) in [5, 5.41) is 0. The lowest BCUT2D eigenvalue weighted by molar-refractivity contribution is -0.275. The molecule has 2 rings (SSSR count). The molecule has 5 nitrogen and oxygen atoms in total. The number of para-hydroxylation sites is 1. The van der Waals surface area contributed by atoms with Crippen molar-refractivity contribution in [1.29, 1.82) is 0 Å². The molecule has 2 aromatic rings. The topological polar surface area (TPSA) is 64.6 Å². The van der Waals surface area contributed by atoms with Crippen molar-refractivity contribution < 1.29 is 35.5 Å². The number of sulfonamides is 1. The lowest BCUT2D eigenvalue weighted by Gasteiger charge is -2.29. The van der Waals surface area contributed by atoms with Crippen LogP contribution >= 0.6 is 0 Å². The molecule has 2 aromatic carbocycles. The molecule has 0 aliphatic carbocycles. The van der Waals surface area contributed by atoms with Gasteiger partial charge in [-0.05, 0) is 25.1 Å². The highest BCUT2D eigenvalue weighted by molar-refractivity contribution is 7.89. The van der Waals surface area contributed by atoms with Gasteiger partial charge in [-0.15, -0.1) is 13.2 Å². The SMILES string of the molecule is CO[C@@](C)(CNS(=O)(=O)c1ccccc1OC(F)(F)F)c1ccccc1F. The molecular formula is C17H17F4NO4S. The van der Waals surface area contributed by atoms with Gasteiger partial charge < -0.3 is 9.47 Å². The van der Waals surface area contributed by atoms with E-state index in [1.807, 2.05) is 0 Å². The average molecular weight is 407 g/mol. The van der Waals surface area contributed by atoms with E-state index in [2.05, 4.69) is 9.46 Å². The number of hydrogen-bond donors (Lipinski definition) is 1. The van der Waals surface area contributed by atoms with Gasteiger partial charge in [0.05, 0.1) is 0 Å². The molecule has 148 valence electrons. The summed E-state index contributed by atoms with van der Waals surface area (Å²) in [4.78, 5) is -0.700. The number of halogens is 4.